The van der Waals surface area contributed by atoms with Crippen LogP contribution in [0, 0.1) is 17.2 Å². The van der Waals surface area contributed by atoms with Gasteiger partial charge in [0.2, 0.25) is 0 Å². The molecule has 0 aromatic heterocycles. The lowest BCUT2D eigenvalue weighted by Crippen LogP contribution is -2.34. The third-order valence-corrected chi connectivity index (χ3v) is 4.93. The maximum absolute atomic E-state index is 8.92. The molecule has 1 aromatic rings. The first-order chi connectivity index (χ1) is 9.29. The van der Waals surface area contributed by atoms with Crippen molar-refractivity contribution in [2.45, 2.75) is 44.6 Å². The Morgan fingerprint density at radius 3 is 2.63 bits per heavy atom. The average Bonchev–Trinajstić information content (AvgIpc) is 3.08. The Labute approximate surface area is 120 Å². The summed E-state index contributed by atoms with van der Waals surface area (Å²) in [6.45, 7) is 1.10. The van der Waals surface area contributed by atoms with E-state index in [9.17, 15) is 0 Å². The molecule has 3 rings (SSSR count). The molecule has 2 aliphatic rings. The van der Waals surface area contributed by atoms with Crippen molar-refractivity contribution in [2.75, 3.05) is 11.4 Å². The first-order valence-corrected chi connectivity index (χ1v) is 7.63. The molecule has 1 unspecified atom stereocenters. The molecule has 0 radical (unpaired) electrons. The molecule has 19 heavy (non-hydrogen) atoms. The van der Waals surface area contributed by atoms with E-state index in [0.29, 0.717) is 11.6 Å². The molecule has 2 fully saturated rings. The summed E-state index contributed by atoms with van der Waals surface area (Å²) in [4.78, 5) is 2.49. The number of nitriles is 1. The van der Waals surface area contributed by atoms with Crippen molar-refractivity contribution < 1.29 is 0 Å². The van der Waals surface area contributed by atoms with E-state index in [-0.39, 0.29) is 0 Å². The minimum absolute atomic E-state index is 0.644. The number of anilines is 1. The fraction of sp³-hybridized carbons (Fsp3) is 0.562. The normalized spacial score (nSPS) is 23.8. The van der Waals surface area contributed by atoms with E-state index in [4.69, 9.17) is 16.9 Å². The van der Waals surface area contributed by atoms with Gasteiger partial charge in [-0.25, -0.2) is 0 Å². The van der Waals surface area contributed by atoms with Gasteiger partial charge in [0.25, 0.3) is 0 Å². The summed E-state index contributed by atoms with van der Waals surface area (Å²) in [6.07, 6.45) is 8.06. The highest BCUT2D eigenvalue weighted by molar-refractivity contribution is 6.33. The summed E-state index contributed by atoms with van der Waals surface area (Å²) in [5.74, 6) is 0.842. The van der Waals surface area contributed by atoms with Gasteiger partial charge in [0.1, 0.15) is 0 Å². The maximum Gasteiger partial charge on any atom is 0.0992 e. The van der Waals surface area contributed by atoms with E-state index in [0.717, 1.165) is 23.2 Å². The number of benzene rings is 1. The van der Waals surface area contributed by atoms with Crippen LogP contribution >= 0.6 is 11.6 Å². The Bertz CT molecular complexity index is 500. The van der Waals surface area contributed by atoms with Crippen LogP contribution in [-0.4, -0.2) is 12.6 Å². The average molecular weight is 275 g/mol. The summed E-state index contributed by atoms with van der Waals surface area (Å²) < 4.78 is 0. The molecule has 0 spiro atoms. The molecule has 1 aromatic carbocycles. The van der Waals surface area contributed by atoms with Gasteiger partial charge in [-0.3, -0.25) is 0 Å². The lowest BCUT2D eigenvalue weighted by Gasteiger charge is -2.32. The van der Waals surface area contributed by atoms with Gasteiger partial charge in [-0.15, -0.1) is 0 Å². The highest BCUT2D eigenvalue weighted by Gasteiger charge is 2.34. The zero-order valence-electron chi connectivity index (χ0n) is 11.1. The summed E-state index contributed by atoms with van der Waals surface area (Å²) >= 11 is 6.37. The predicted molar refractivity (Wildman–Crippen MR) is 78.5 cm³/mol. The fourth-order valence-electron chi connectivity index (χ4n) is 3.73. The molecule has 100 valence electrons. The van der Waals surface area contributed by atoms with E-state index in [2.05, 4.69) is 11.0 Å². The minimum Gasteiger partial charge on any atom is -0.367 e. The monoisotopic (exact) mass is 274 g/mol. The molecule has 1 heterocycles. The third kappa shape index (κ3) is 2.44. The van der Waals surface area contributed by atoms with Crippen molar-refractivity contribution in [3.8, 4) is 6.07 Å². The molecule has 1 atom stereocenters. The molecule has 1 saturated carbocycles. The van der Waals surface area contributed by atoms with E-state index in [1.165, 1.54) is 38.5 Å². The predicted octanol–water partition coefficient (Wildman–Crippen LogP) is 4.37. The Kier molecular flexibility index (Phi) is 3.66. The molecule has 3 heteroatoms. The molecular weight excluding hydrogens is 256 g/mol. The summed E-state index contributed by atoms with van der Waals surface area (Å²) in [7, 11) is 0. The van der Waals surface area contributed by atoms with Gasteiger partial charge in [0.15, 0.2) is 0 Å². The van der Waals surface area contributed by atoms with Crippen LogP contribution in [0.1, 0.15) is 44.1 Å². The Hall–Kier alpha value is -1.20. The van der Waals surface area contributed by atoms with E-state index < -0.39 is 0 Å². The van der Waals surface area contributed by atoms with Crippen molar-refractivity contribution in [3.05, 3.63) is 28.8 Å². The fourth-order valence-corrected chi connectivity index (χ4v) is 4.02. The highest BCUT2D eigenvalue weighted by Crippen LogP contribution is 2.40. The smallest absolute Gasteiger partial charge is 0.0992 e. The van der Waals surface area contributed by atoms with Gasteiger partial charge in [-0.05, 0) is 49.8 Å². The molecular formula is C16H19ClN2. The van der Waals surface area contributed by atoms with E-state index in [1.807, 2.05) is 12.1 Å². The zero-order valence-corrected chi connectivity index (χ0v) is 11.9. The molecule has 0 N–H and O–H groups in total. The van der Waals surface area contributed by atoms with Crippen molar-refractivity contribution >= 4 is 17.3 Å². The van der Waals surface area contributed by atoms with Crippen LogP contribution in [0.2, 0.25) is 5.02 Å². The number of nitrogens with zero attached hydrogens (tertiary/aromatic N) is 2. The second-order valence-corrected chi connectivity index (χ2v) is 6.13. The first kappa shape index (κ1) is 12.8. The maximum atomic E-state index is 8.92. The van der Waals surface area contributed by atoms with Gasteiger partial charge >= 0.3 is 0 Å². The first-order valence-electron chi connectivity index (χ1n) is 7.26. The Balaban J connectivity index is 1.86. The third-order valence-electron chi connectivity index (χ3n) is 4.63. The van der Waals surface area contributed by atoms with Crippen LogP contribution in [0.4, 0.5) is 5.69 Å². The van der Waals surface area contributed by atoms with E-state index in [1.54, 1.807) is 6.07 Å². The summed E-state index contributed by atoms with van der Waals surface area (Å²) in [5.41, 5.74) is 1.76. The van der Waals surface area contributed by atoms with Crippen LogP contribution in [0.5, 0.6) is 0 Å². The number of hydrogen-bond acceptors (Lipinski definition) is 2. The van der Waals surface area contributed by atoms with Crippen molar-refractivity contribution in [1.82, 2.24) is 0 Å². The van der Waals surface area contributed by atoms with Crippen molar-refractivity contribution in [2.24, 2.45) is 5.92 Å². The van der Waals surface area contributed by atoms with Gasteiger partial charge in [-0.1, -0.05) is 24.4 Å². The molecule has 0 bridgehead atoms. The van der Waals surface area contributed by atoms with Crippen LogP contribution in [0.3, 0.4) is 0 Å². The highest BCUT2D eigenvalue weighted by atomic mass is 35.5. The van der Waals surface area contributed by atoms with Gasteiger partial charge in [0, 0.05) is 12.6 Å². The number of rotatable bonds is 2. The second kappa shape index (κ2) is 5.43. The number of halogens is 1. The lowest BCUT2D eigenvalue weighted by atomic mass is 9.95. The SMILES string of the molecule is N#Cc1ccc(N2CCCC2C2CCCC2)c(Cl)c1. The summed E-state index contributed by atoms with van der Waals surface area (Å²) in [5, 5.41) is 9.65. The van der Waals surface area contributed by atoms with Crippen molar-refractivity contribution in [3.63, 3.8) is 0 Å². The minimum atomic E-state index is 0.644. The Morgan fingerprint density at radius 2 is 1.95 bits per heavy atom. The standard InChI is InChI=1S/C16H19ClN2/c17-14-10-12(11-18)7-8-16(14)19-9-3-6-15(19)13-4-1-2-5-13/h7-8,10,13,15H,1-6,9H2. The summed E-state index contributed by atoms with van der Waals surface area (Å²) in [6, 6.07) is 8.50. The van der Waals surface area contributed by atoms with Crippen LogP contribution in [-0.2, 0) is 0 Å². The molecule has 2 nitrogen and oxygen atoms in total. The van der Waals surface area contributed by atoms with Crippen LogP contribution < -0.4 is 4.90 Å². The zero-order chi connectivity index (χ0) is 13.2. The molecule has 1 aliphatic carbocycles. The topological polar surface area (TPSA) is 27.0 Å². The largest absolute Gasteiger partial charge is 0.367 e. The number of hydrogen-bond donors (Lipinski definition) is 0. The van der Waals surface area contributed by atoms with Gasteiger partial charge < -0.3 is 4.90 Å². The van der Waals surface area contributed by atoms with Gasteiger partial charge in [-0.2, -0.15) is 5.26 Å². The molecule has 0 amide bonds. The van der Waals surface area contributed by atoms with Crippen molar-refractivity contribution in [1.29, 1.82) is 5.26 Å². The quantitative estimate of drug-likeness (QED) is 0.801. The molecule has 1 saturated heterocycles. The second-order valence-electron chi connectivity index (χ2n) is 5.73. The van der Waals surface area contributed by atoms with E-state index >= 15 is 0 Å². The molecule has 1 aliphatic heterocycles. The lowest BCUT2D eigenvalue weighted by molar-refractivity contribution is 0.431. The van der Waals surface area contributed by atoms with Crippen LogP contribution in [0.25, 0.3) is 0 Å². The van der Waals surface area contributed by atoms with Gasteiger partial charge in [0.05, 0.1) is 22.3 Å². The van der Waals surface area contributed by atoms with Crippen LogP contribution in [0.15, 0.2) is 18.2 Å². The Morgan fingerprint density at radius 1 is 1.16 bits per heavy atom.